The lowest BCUT2D eigenvalue weighted by atomic mass is 9.93. The Balaban J connectivity index is 1.65. The second-order valence-corrected chi connectivity index (χ2v) is 13.3. The fraction of sp³-hybridized carbons (Fsp3) is 0.265. The van der Waals surface area contributed by atoms with Gasteiger partial charge in [0, 0.05) is 15.6 Å². The van der Waals surface area contributed by atoms with Crippen molar-refractivity contribution in [1.29, 1.82) is 0 Å². The number of allylic oxidation sites excluding steroid dienone is 1. The van der Waals surface area contributed by atoms with Gasteiger partial charge in [0.2, 0.25) is 0 Å². The Morgan fingerprint density at radius 1 is 1.11 bits per heavy atom. The van der Waals surface area contributed by atoms with Crippen LogP contribution in [0.15, 0.2) is 80.1 Å². The van der Waals surface area contributed by atoms with Gasteiger partial charge in [-0.15, -0.1) is 0 Å². The molecule has 0 fully saturated rings. The molecule has 1 aliphatic rings. The number of hydrogen-bond acceptors (Lipinski definition) is 8. The standard InChI is InChI=1S/C34H31BrFIN2O6S/c1-5-9-25-29(33(41)44-6-2)30(22-17-21(35)12-13-26(22)42-3)39-32(40)28(46-34(39)38-25)16-19-14-24(37)31(27(15-19)43-4)45-18-20-10-7-8-11-23(20)36/h7-8,10-17,30H,5-6,9,18H2,1-4H3/b28-16+/t30-/m1/s1. The summed E-state index contributed by atoms with van der Waals surface area (Å²) < 4.78 is 40.4. The molecular formula is C34H31BrFIN2O6S. The van der Waals surface area contributed by atoms with Crippen LogP contribution in [0.2, 0.25) is 0 Å². The fourth-order valence-corrected chi connectivity index (χ4v) is 7.39. The van der Waals surface area contributed by atoms with Crippen LogP contribution >= 0.6 is 49.9 Å². The molecule has 8 nitrogen and oxygen atoms in total. The Hall–Kier alpha value is -3.49. The largest absolute Gasteiger partial charge is 0.496 e. The number of fused-ring (bicyclic) bond motifs is 1. The molecule has 0 spiro atoms. The van der Waals surface area contributed by atoms with E-state index in [1.807, 2.05) is 25.1 Å². The normalized spacial score (nSPS) is 14.5. The van der Waals surface area contributed by atoms with Crippen LogP contribution in [0.4, 0.5) is 4.39 Å². The number of carbonyl (C=O) groups excluding carboxylic acids is 1. The van der Waals surface area contributed by atoms with Crippen LogP contribution in [0.25, 0.3) is 6.08 Å². The average molecular weight is 822 g/mol. The molecule has 5 rings (SSSR count). The number of rotatable bonds is 11. The van der Waals surface area contributed by atoms with Crippen molar-refractivity contribution in [3.05, 3.63) is 116 Å². The van der Waals surface area contributed by atoms with Gasteiger partial charge in [0.05, 0.1) is 40.2 Å². The molecular weight excluding hydrogens is 790 g/mol. The van der Waals surface area contributed by atoms with E-state index in [2.05, 4.69) is 38.5 Å². The molecule has 4 aromatic rings. The smallest absolute Gasteiger partial charge is 0.338 e. The lowest BCUT2D eigenvalue weighted by Gasteiger charge is -2.27. The summed E-state index contributed by atoms with van der Waals surface area (Å²) in [5.41, 5.74) is 2.32. The molecule has 0 saturated carbocycles. The Bertz CT molecular complexity index is 2010. The van der Waals surface area contributed by atoms with E-state index in [1.54, 1.807) is 55.0 Å². The highest BCUT2D eigenvalue weighted by molar-refractivity contribution is 14.1. The van der Waals surface area contributed by atoms with Gasteiger partial charge in [0.1, 0.15) is 24.2 Å². The maximum Gasteiger partial charge on any atom is 0.338 e. The third-order valence-corrected chi connectivity index (χ3v) is 9.54. The van der Waals surface area contributed by atoms with Gasteiger partial charge in [-0.05, 0) is 84.0 Å². The Kier molecular flexibility index (Phi) is 11.0. The number of methoxy groups -OCH3 is 2. The number of carbonyl (C=O) groups is 1. The molecule has 0 aliphatic carbocycles. The van der Waals surface area contributed by atoms with Crippen molar-refractivity contribution in [3.8, 4) is 17.2 Å². The summed E-state index contributed by atoms with van der Waals surface area (Å²) in [5.74, 6) is 0.549. The molecule has 0 saturated heterocycles. The molecule has 46 heavy (non-hydrogen) atoms. The van der Waals surface area contributed by atoms with Crippen LogP contribution in [-0.4, -0.2) is 31.4 Å². The SMILES string of the molecule is CCCC1=C(C(=O)OCC)[C@@H](c2cc(Br)ccc2OC)n2c(s/c(=C/c3cc(I)c(OCc4ccccc4F)c(OC)c3)c2=O)=N1. The van der Waals surface area contributed by atoms with Crippen molar-refractivity contribution in [3.63, 3.8) is 0 Å². The number of ether oxygens (including phenoxy) is 4. The molecule has 1 aromatic heterocycles. The van der Waals surface area contributed by atoms with Crippen molar-refractivity contribution in [1.82, 2.24) is 4.57 Å². The summed E-state index contributed by atoms with van der Waals surface area (Å²) in [6, 6.07) is 14.7. The van der Waals surface area contributed by atoms with Crippen LogP contribution in [0.1, 0.15) is 49.4 Å². The first-order valence-electron chi connectivity index (χ1n) is 14.5. The minimum Gasteiger partial charge on any atom is -0.496 e. The van der Waals surface area contributed by atoms with Gasteiger partial charge in [-0.2, -0.15) is 0 Å². The predicted molar refractivity (Wildman–Crippen MR) is 187 cm³/mol. The minimum absolute atomic E-state index is 0.0267. The summed E-state index contributed by atoms with van der Waals surface area (Å²) in [6.45, 7) is 3.95. The highest BCUT2D eigenvalue weighted by atomic mass is 127. The maximum absolute atomic E-state index is 14.2. The molecule has 240 valence electrons. The third-order valence-electron chi connectivity index (χ3n) is 7.26. The second-order valence-electron chi connectivity index (χ2n) is 10.2. The van der Waals surface area contributed by atoms with E-state index in [4.69, 9.17) is 23.9 Å². The molecule has 0 N–H and O–H groups in total. The zero-order valence-corrected chi connectivity index (χ0v) is 30.1. The first kappa shape index (κ1) is 33.9. The Labute approximate surface area is 291 Å². The first-order valence-corrected chi connectivity index (χ1v) is 17.2. The summed E-state index contributed by atoms with van der Waals surface area (Å²) in [4.78, 5) is 33.0. The molecule has 1 atom stereocenters. The number of nitrogens with zero attached hydrogens (tertiary/aromatic N) is 2. The van der Waals surface area contributed by atoms with Crippen LogP contribution in [0, 0.1) is 9.39 Å². The molecule has 0 unspecified atom stereocenters. The second kappa shape index (κ2) is 14.9. The number of aromatic nitrogens is 1. The predicted octanol–water partition coefficient (Wildman–Crippen LogP) is 6.68. The van der Waals surface area contributed by atoms with Crippen molar-refractivity contribution < 1.29 is 28.1 Å². The molecule has 0 amide bonds. The highest BCUT2D eigenvalue weighted by Crippen LogP contribution is 2.39. The van der Waals surface area contributed by atoms with Gasteiger partial charge < -0.3 is 18.9 Å². The minimum atomic E-state index is -0.824. The van der Waals surface area contributed by atoms with E-state index in [-0.39, 0.29) is 24.6 Å². The summed E-state index contributed by atoms with van der Waals surface area (Å²) in [7, 11) is 3.08. The number of esters is 1. The number of benzene rings is 3. The molecule has 1 aliphatic heterocycles. The van der Waals surface area contributed by atoms with Gasteiger partial charge in [-0.25, -0.2) is 14.2 Å². The Morgan fingerprint density at radius 3 is 2.57 bits per heavy atom. The lowest BCUT2D eigenvalue weighted by molar-refractivity contribution is -0.139. The van der Waals surface area contributed by atoms with Gasteiger partial charge in [-0.1, -0.05) is 58.8 Å². The van der Waals surface area contributed by atoms with E-state index in [0.717, 1.165) is 14.5 Å². The topological polar surface area (TPSA) is 88.4 Å². The zero-order valence-electron chi connectivity index (χ0n) is 25.6. The average Bonchev–Trinajstić information content (AvgIpc) is 3.34. The Morgan fingerprint density at radius 2 is 1.87 bits per heavy atom. The van der Waals surface area contributed by atoms with Crippen LogP contribution in [0.5, 0.6) is 17.2 Å². The van der Waals surface area contributed by atoms with Crippen LogP contribution in [-0.2, 0) is 16.1 Å². The molecule has 0 bridgehead atoms. The maximum atomic E-state index is 14.2. The molecule has 0 radical (unpaired) electrons. The third kappa shape index (κ3) is 6.93. The lowest BCUT2D eigenvalue weighted by Crippen LogP contribution is -2.40. The van der Waals surface area contributed by atoms with Crippen molar-refractivity contribution >= 4 is 61.9 Å². The number of thiazole rings is 1. The van der Waals surface area contributed by atoms with Crippen molar-refractivity contribution in [2.45, 2.75) is 39.3 Å². The quantitative estimate of drug-likeness (QED) is 0.124. The highest BCUT2D eigenvalue weighted by Gasteiger charge is 2.36. The first-order chi connectivity index (χ1) is 22.2. The van der Waals surface area contributed by atoms with E-state index in [9.17, 15) is 14.0 Å². The fourth-order valence-electron chi connectivity index (χ4n) is 5.21. The van der Waals surface area contributed by atoms with E-state index in [0.29, 0.717) is 61.0 Å². The number of halogens is 3. The molecule has 12 heteroatoms. The van der Waals surface area contributed by atoms with Gasteiger partial charge >= 0.3 is 5.97 Å². The van der Waals surface area contributed by atoms with Crippen LogP contribution < -0.4 is 29.1 Å². The number of hydrogen-bond donors (Lipinski definition) is 0. The summed E-state index contributed by atoms with van der Waals surface area (Å²) in [5, 5.41) is 0. The van der Waals surface area contributed by atoms with Gasteiger partial charge in [0.25, 0.3) is 5.56 Å². The van der Waals surface area contributed by atoms with Crippen molar-refractivity contribution in [2.75, 3.05) is 20.8 Å². The van der Waals surface area contributed by atoms with E-state index in [1.165, 1.54) is 24.5 Å². The monoisotopic (exact) mass is 820 g/mol. The summed E-state index contributed by atoms with van der Waals surface area (Å²) >= 11 is 6.91. The summed E-state index contributed by atoms with van der Waals surface area (Å²) in [6.07, 6.45) is 3.02. The van der Waals surface area contributed by atoms with Gasteiger partial charge in [-0.3, -0.25) is 9.36 Å². The van der Waals surface area contributed by atoms with Crippen molar-refractivity contribution in [2.24, 2.45) is 4.99 Å². The molecule has 2 heterocycles. The van der Waals surface area contributed by atoms with Crippen LogP contribution in [0.3, 0.4) is 0 Å². The molecule has 3 aromatic carbocycles. The van der Waals surface area contributed by atoms with E-state index < -0.39 is 12.0 Å². The van der Waals surface area contributed by atoms with Gasteiger partial charge in [0.15, 0.2) is 16.3 Å². The van der Waals surface area contributed by atoms with E-state index >= 15 is 0 Å². The zero-order chi connectivity index (χ0) is 33.0.